The topological polar surface area (TPSA) is 94.2 Å². The number of carbonyl (C=O) groups excluding carboxylic acids is 1. The van der Waals surface area contributed by atoms with Crippen LogP contribution in [0, 0.1) is 6.92 Å². The van der Waals surface area contributed by atoms with Crippen LogP contribution < -0.4 is 16.4 Å². The summed E-state index contributed by atoms with van der Waals surface area (Å²) < 4.78 is 6.55. The number of hydrogen-bond donors (Lipinski definition) is 3. The van der Waals surface area contributed by atoms with Gasteiger partial charge in [0.2, 0.25) is 0 Å². The molecule has 0 radical (unpaired) electrons. The minimum absolute atomic E-state index is 0.453. The Hall–Kier alpha value is -1.60. The van der Waals surface area contributed by atoms with E-state index in [0.29, 0.717) is 30.2 Å². The van der Waals surface area contributed by atoms with Crippen molar-refractivity contribution >= 4 is 11.7 Å². The van der Waals surface area contributed by atoms with E-state index in [4.69, 9.17) is 10.5 Å². The lowest BCUT2D eigenvalue weighted by Crippen LogP contribution is -2.26. The molecular formula is C11H21N5O2. The molecule has 1 heterocycles. The summed E-state index contributed by atoms with van der Waals surface area (Å²) in [7, 11) is 3.44. The van der Waals surface area contributed by atoms with Crippen molar-refractivity contribution in [3.05, 3.63) is 11.3 Å². The van der Waals surface area contributed by atoms with Crippen molar-refractivity contribution in [3.63, 3.8) is 0 Å². The van der Waals surface area contributed by atoms with Gasteiger partial charge in [-0.15, -0.1) is 0 Å². The summed E-state index contributed by atoms with van der Waals surface area (Å²) in [5, 5.41) is 10.5. The molecule has 0 saturated carbocycles. The first-order valence-corrected chi connectivity index (χ1v) is 5.84. The lowest BCUT2D eigenvalue weighted by atomic mass is 10.2. The van der Waals surface area contributed by atoms with Gasteiger partial charge >= 0.3 is 0 Å². The van der Waals surface area contributed by atoms with Gasteiger partial charge in [0, 0.05) is 33.8 Å². The van der Waals surface area contributed by atoms with E-state index in [0.717, 1.165) is 13.1 Å². The number of nitrogens with two attached hydrogens (primary N) is 1. The number of aryl methyl sites for hydroxylation is 2. The molecule has 0 aliphatic carbocycles. The van der Waals surface area contributed by atoms with Crippen LogP contribution in [0.4, 0.5) is 5.82 Å². The number of primary amides is 1. The molecule has 0 unspecified atom stereocenters. The molecule has 1 aromatic rings. The summed E-state index contributed by atoms with van der Waals surface area (Å²) in [6.07, 6.45) is 0. The molecule has 0 aromatic carbocycles. The predicted octanol–water partition coefficient (Wildman–Crippen LogP) is -0.525. The largest absolute Gasteiger partial charge is 0.383 e. The number of amides is 1. The third kappa shape index (κ3) is 3.71. The molecule has 102 valence electrons. The summed E-state index contributed by atoms with van der Waals surface area (Å²) in [5.74, 6) is 0.198. The molecule has 7 heteroatoms. The van der Waals surface area contributed by atoms with Crippen molar-refractivity contribution in [2.45, 2.75) is 6.92 Å². The molecule has 0 bridgehead atoms. The second kappa shape index (κ2) is 6.97. The van der Waals surface area contributed by atoms with E-state index < -0.39 is 5.91 Å². The Balaban J connectivity index is 2.49. The molecule has 7 nitrogen and oxygen atoms in total. The molecule has 0 fully saturated rings. The van der Waals surface area contributed by atoms with Crippen LogP contribution in [0.25, 0.3) is 0 Å². The highest BCUT2D eigenvalue weighted by Gasteiger charge is 2.17. The van der Waals surface area contributed by atoms with Crippen molar-refractivity contribution < 1.29 is 9.53 Å². The van der Waals surface area contributed by atoms with Crippen molar-refractivity contribution in [3.8, 4) is 0 Å². The zero-order chi connectivity index (χ0) is 13.5. The Bertz CT molecular complexity index is 402. The monoisotopic (exact) mass is 255 g/mol. The van der Waals surface area contributed by atoms with E-state index in [9.17, 15) is 4.79 Å². The maximum absolute atomic E-state index is 11.3. The first-order valence-electron chi connectivity index (χ1n) is 5.84. The van der Waals surface area contributed by atoms with Gasteiger partial charge in [0.15, 0.2) is 0 Å². The number of anilines is 1. The van der Waals surface area contributed by atoms with Gasteiger partial charge in [0.25, 0.3) is 5.91 Å². The Morgan fingerprint density at radius 1 is 1.44 bits per heavy atom. The number of rotatable bonds is 8. The molecule has 0 atom stereocenters. The molecular weight excluding hydrogens is 234 g/mol. The summed E-state index contributed by atoms with van der Waals surface area (Å²) in [6.45, 7) is 4.69. The predicted molar refractivity (Wildman–Crippen MR) is 69.7 cm³/mol. The highest BCUT2D eigenvalue weighted by Crippen LogP contribution is 2.17. The number of hydrogen-bond acceptors (Lipinski definition) is 5. The second-order valence-corrected chi connectivity index (χ2v) is 3.97. The number of methoxy groups -OCH3 is 1. The fourth-order valence-electron chi connectivity index (χ4n) is 1.72. The van der Waals surface area contributed by atoms with Crippen LogP contribution in [0.3, 0.4) is 0 Å². The van der Waals surface area contributed by atoms with Gasteiger partial charge < -0.3 is 21.1 Å². The Kier molecular flexibility index (Phi) is 5.60. The number of ether oxygens (including phenoxy) is 1. The van der Waals surface area contributed by atoms with Gasteiger partial charge in [0.1, 0.15) is 11.4 Å². The van der Waals surface area contributed by atoms with Crippen molar-refractivity contribution in [1.29, 1.82) is 0 Å². The van der Waals surface area contributed by atoms with Crippen molar-refractivity contribution in [2.75, 3.05) is 38.7 Å². The fourth-order valence-corrected chi connectivity index (χ4v) is 1.72. The molecule has 18 heavy (non-hydrogen) atoms. The van der Waals surface area contributed by atoms with E-state index in [2.05, 4.69) is 15.7 Å². The minimum Gasteiger partial charge on any atom is -0.383 e. The molecule has 1 aromatic heterocycles. The van der Waals surface area contributed by atoms with Crippen LogP contribution in [-0.2, 0) is 11.8 Å². The average molecular weight is 255 g/mol. The van der Waals surface area contributed by atoms with Crippen LogP contribution in [0.5, 0.6) is 0 Å². The van der Waals surface area contributed by atoms with Crippen molar-refractivity contribution in [2.24, 2.45) is 12.8 Å². The number of nitrogens with one attached hydrogen (secondary N) is 2. The van der Waals surface area contributed by atoms with Gasteiger partial charge in [-0.3, -0.25) is 9.48 Å². The fraction of sp³-hybridized carbons (Fsp3) is 0.636. The molecule has 0 saturated heterocycles. The smallest absolute Gasteiger partial charge is 0.254 e. The van der Waals surface area contributed by atoms with Crippen LogP contribution >= 0.6 is 0 Å². The van der Waals surface area contributed by atoms with Gasteiger partial charge in [-0.1, -0.05) is 0 Å². The molecule has 0 aliphatic heterocycles. The lowest BCUT2D eigenvalue weighted by Gasteiger charge is -2.09. The van der Waals surface area contributed by atoms with E-state index in [1.807, 2.05) is 0 Å². The van der Waals surface area contributed by atoms with Gasteiger partial charge in [-0.05, 0) is 6.92 Å². The van der Waals surface area contributed by atoms with E-state index in [1.54, 1.807) is 25.8 Å². The van der Waals surface area contributed by atoms with Crippen LogP contribution in [0.2, 0.25) is 0 Å². The van der Waals surface area contributed by atoms with E-state index in [1.165, 1.54) is 0 Å². The van der Waals surface area contributed by atoms with Gasteiger partial charge in [-0.2, -0.15) is 5.10 Å². The van der Waals surface area contributed by atoms with Crippen molar-refractivity contribution in [1.82, 2.24) is 15.1 Å². The normalized spacial score (nSPS) is 10.6. The number of aromatic nitrogens is 2. The first-order chi connectivity index (χ1) is 8.57. The summed E-state index contributed by atoms with van der Waals surface area (Å²) in [6, 6.07) is 0. The Morgan fingerprint density at radius 3 is 2.78 bits per heavy atom. The quantitative estimate of drug-likeness (QED) is 0.543. The van der Waals surface area contributed by atoms with Crippen LogP contribution in [0.1, 0.15) is 16.1 Å². The van der Waals surface area contributed by atoms with E-state index in [-0.39, 0.29) is 0 Å². The summed E-state index contributed by atoms with van der Waals surface area (Å²) in [5.41, 5.74) is 6.43. The second-order valence-electron chi connectivity index (χ2n) is 3.97. The summed E-state index contributed by atoms with van der Waals surface area (Å²) >= 11 is 0. The lowest BCUT2D eigenvalue weighted by molar-refractivity contribution is 0.100. The third-order valence-electron chi connectivity index (χ3n) is 2.55. The molecule has 1 rings (SSSR count). The Labute approximate surface area is 107 Å². The zero-order valence-corrected chi connectivity index (χ0v) is 11.1. The number of nitrogens with zero attached hydrogens (tertiary/aromatic N) is 2. The third-order valence-corrected chi connectivity index (χ3v) is 2.55. The minimum atomic E-state index is -0.463. The maximum atomic E-state index is 11.3. The first kappa shape index (κ1) is 14.5. The van der Waals surface area contributed by atoms with Gasteiger partial charge in [-0.25, -0.2) is 0 Å². The molecule has 4 N–H and O–H groups in total. The highest BCUT2D eigenvalue weighted by atomic mass is 16.5. The standard InChI is InChI=1S/C11H21N5O2/c1-8-9(10(12)17)11(16(2)15-8)14-5-4-13-6-7-18-3/h13-14H,4-7H2,1-3H3,(H2,12,17). The SMILES string of the molecule is COCCNCCNc1c(C(N)=O)c(C)nn1C. The average Bonchev–Trinajstić information content (AvgIpc) is 2.58. The molecule has 0 aliphatic rings. The van der Waals surface area contributed by atoms with E-state index >= 15 is 0 Å². The number of carbonyl (C=O) groups is 1. The maximum Gasteiger partial charge on any atom is 0.254 e. The van der Waals surface area contributed by atoms with Crippen LogP contribution in [0.15, 0.2) is 0 Å². The van der Waals surface area contributed by atoms with Crippen LogP contribution in [-0.4, -0.2) is 49.0 Å². The highest BCUT2D eigenvalue weighted by molar-refractivity contribution is 5.98. The molecule has 1 amide bonds. The van der Waals surface area contributed by atoms with Gasteiger partial charge in [0.05, 0.1) is 12.3 Å². The zero-order valence-electron chi connectivity index (χ0n) is 11.1. The molecule has 0 spiro atoms. The summed E-state index contributed by atoms with van der Waals surface area (Å²) in [4.78, 5) is 11.3. The Morgan fingerprint density at radius 2 is 2.17 bits per heavy atom.